The van der Waals surface area contributed by atoms with Gasteiger partial charge in [-0.3, -0.25) is 15.5 Å². The van der Waals surface area contributed by atoms with Crippen LogP contribution in [0.1, 0.15) is 17.0 Å². The summed E-state index contributed by atoms with van der Waals surface area (Å²) < 4.78 is 0. The molecule has 0 aliphatic carbocycles. The smallest absolute Gasteiger partial charge is 0.292 e. The van der Waals surface area contributed by atoms with E-state index in [1.54, 1.807) is 6.92 Å². The van der Waals surface area contributed by atoms with E-state index in [0.29, 0.717) is 5.03 Å². The molecule has 0 amide bonds. The van der Waals surface area contributed by atoms with Gasteiger partial charge in [-0.15, -0.1) is 0 Å². The zero-order chi connectivity index (χ0) is 15.6. The van der Waals surface area contributed by atoms with Crippen LogP contribution in [0, 0.1) is 30.9 Å². The van der Waals surface area contributed by atoms with Gasteiger partial charge in [-0.1, -0.05) is 0 Å². The zero-order valence-corrected chi connectivity index (χ0v) is 12.6. The van der Waals surface area contributed by atoms with Crippen molar-refractivity contribution < 1.29 is 4.92 Å². The molecule has 0 aliphatic heterocycles. The first-order valence-corrected chi connectivity index (χ1v) is 6.85. The lowest BCUT2D eigenvalue weighted by Crippen LogP contribution is -2.12. The standard InChI is InChI=1S/C12H14N6O2S/c1-6-4-7(2)14-9(5-6)21-11-10(18(19)20)8(3)15-12(16-11)17-13/h4-5H,13H2,1-3H3,(H,15,16,17). The summed E-state index contributed by atoms with van der Waals surface area (Å²) in [7, 11) is 0. The van der Waals surface area contributed by atoms with Crippen molar-refractivity contribution in [2.45, 2.75) is 30.8 Å². The van der Waals surface area contributed by atoms with Crippen LogP contribution in [0.5, 0.6) is 0 Å². The van der Waals surface area contributed by atoms with E-state index in [9.17, 15) is 10.1 Å². The van der Waals surface area contributed by atoms with E-state index in [0.717, 1.165) is 23.0 Å². The van der Waals surface area contributed by atoms with E-state index in [1.165, 1.54) is 0 Å². The SMILES string of the molecule is Cc1cc(C)nc(Sc2nc(NN)nc(C)c2[N+](=O)[O-])c1. The van der Waals surface area contributed by atoms with E-state index >= 15 is 0 Å². The van der Waals surface area contributed by atoms with Crippen molar-refractivity contribution in [1.29, 1.82) is 0 Å². The topological polar surface area (TPSA) is 120 Å². The average Bonchev–Trinajstić information content (AvgIpc) is 2.36. The van der Waals surface area contributed by atoms with Crippen LogP contribution in [-0.4, -0.2) is 19.9 Å². The van der Waals surface area contributed by atoms with E-state index < -0.39 is 4.92 Å². The number of hydrogen-bond acceptors (Lipinski definition) is 8. The second-order valence-corrected chi connectivity index (χ2v) is 5.42. The quantitative estimate of drug-likeness (QED) is 0.381. The van der Waals surface area contributed by atoms with Crippen molar-refractivity contribution in [3.8, 4) is 0 Å². The molecule has 0 atom stereocenters. The third-order valence-electron chi connectivity index (χ3n) is 2.61. The monoisotopic (exact) mass is 306 g/mol. The van der Waals surface area contributed by atoms with E-state index in [-0.39, 0.29) is 22.4 Å². The fourth-order valence-corrected chi connectivity index (χ4v) is 2.93. The Morgan fingerprint density at radius 2 is 1.95 bits per heavy atom. The normalized spacial score (nSPS) is 10.5. The number of nitrogens with zero attached hydrogens (tertiary/aromatic N) is 4. The number of pyridine rings is 1. The van der Waals surface area contributed by atoms with Crippen LogP contribution >= 0.6 is 11.8 Å². The number of anilines is 1. The Kier molecular flexibility index (Phi) is 4.34. The molecule has 0 radical (unpaired) electrons. The van der Waals surface area contributed by atoms with Gasteiger partial charge < -0.3 is 0 Å². The number of aromatic nitrogens is 3. The first-order valence-electron chi connectivity index (χ1n) is 6.03. The van der Waals surface area contributed by atoms with Gasteiger partial charge in [0, 0.05) is 5.69 Å². The third kappa shape index (κ3) is 3.44. The van der Waals surface area contributed by atoms with Crippen molar-refractivity contribution in [3.63, 3.8) is 0 Å². The van der Waals surface area contributed by atoms with E-state index in [2.05, 4.69) is 20.4 Å². The minimum Gasteiger partial charge on any atom is -0.292 e. The van der Waals surface area contributed by atoms with Gasteiger partial charge in [-0.25, -0.2) is 15.8 Å². The number of rotatable bonds is 4. The van der Waals surface area contributed by atoms with Crippen LogP contribution < -0.4 is 11.3 Å². The lowest BCUT2D eigenvalue weighted by Gasteiger charge is -2.07. The van der Waals surface area contributed by atoms with Gasteiger partial charge in [0.2, 0.25) is 5.95 Å². The van der Waals surface area contributed by atoms with Crippen molar-refractivity contribution in [2.75, 3.05) is 5.43 Å². The molecule has 2 rings (SSSR count). The molecule has 2 heterocycles. The Morgan fingerprint density at radius 1 is 1.24 bits per heavy atom. The molecule has 8 nitrogen and oxygen atoms in total. The number of hydrazine groups is 1. The molecule has 3 N–H and O–H groups in total. The summed E-state index contributed by atoms with van der Waals surface area (Å²) in [4.78, 5) is 23.0. The van der Waals surface area contributed by atoms with Crippen molar-refractivity contribution in [1.82, 2.24) is 15.0 Å². The molecule has 0 unspecified atom stereocenters. The molecule has 0 aromatic carbocycles. The van der Waals surface area contributed by atoms with E-state index in [4.69, 9.17) is 5.84 Å². The predicted molar refractivity (Wildman–Crippen MR) is 79.1 cm³/mol. The first-order chi connectivity index (χ1) is 9.90. The molecule has 0 aliphatic rings. The Hall–Kier alpha value is -2.26. The van der Waals surface area contributed by atoms with Crippen LogP contribution in [0.4, 0.5) is 11.6 Å². The Morgan fingerprint density at radius 3 is 2.52 bits per heavy atom. The van der Waals surface area contributed by atoms with Crippen LogP contribution in [0.2, 0.25) is 0 Å². The van der Waals surface area contributed by atoms with Crippen molar-refractivity contribution in [2.24, 2.45) is 5.84 Å². The highest BCUT2D eigenvalue weighted by Gasteiger charge is 2.23. The van der Waals surface area contributed by atoms with Crippen LogP contribution in [-0.2, 0) is 0 Å². The van der Waals surface area contributed by atoms with Gasteiger partial charge in [0.25, 0.3) is 0 Å². The minimum atomic E-state index is -0.499. The molecule has 2 aromatic heterocycles. The summed E-state index contributed by atoms with van der Waals surface area (Å²) in [5.41, 5.74) is 4.27. The van der Waals surface area contributed by atoms with Gasteiger partial charge in [0.05, 0.1) is 4.92 Å². The van der Waals surface area contributed by atoms with Gasteiger partial charge in [0.15, 0.2) is 5.03 Å². The molecule has 9 heteroatoms. The second-order valence-electron chi connectivity index (χ2n) is 4.41. The number of nitrogens with two attached hydrogens (primary N) is 1. The molecule has 0 saturated heterocycles. The Labute approximate surface area is 125 Å². The maximum atomic E-state index is 11.2. The van der Waals surface area contributed by atoms with Gasteiger partial charge >= 0.3 is 5.69 Å². The summed E-state index contributed by atoms with van der Waals surface area (Å²) in [5.74, 6) is 5.42. The number of nitrogen functional groups attached to an aromatic ring is 1. The lowest BCUT2D eigenvalue weighted by atomic mass is 10.3. The molecular weight excluding hydrogens is 292 g/mol. The zero-order valence-electron chi connectivity index (χ0n) is 11.7. The number of hydrogen-bond donors (Lipinski definition) is 2. The fourth-order valence-electron chi connectivity index (χ4n) is 1.84. The molecule has 0 fully saturated rings. The van der Waals surface area contributed by atoms with Gasteiger partial charge in [-0.05, 0) is 50.2 Å². The summed E-state index contributed by atoms with van der Waals surface area (Å²) >= 11 is 1.12. The maximum absolute atomic E-state index is 11.2. The van der Waals surface area contributed by atoms with Gasteiger partial charge in [0.1, 0.15) is 10.7 Å². The average molecular weight is 306 g/mol. The molecule has 0 saturated carbocycles. The highest BCUT2D eigenvalue weighted by atomic mass is 32.2. The Bertz CT molecular complexity index is 686. The molecular formula is C12H14N6O2S. The predicted octanol–water partition coefficient (Wildman–Crippen LogP) is 2.14. The molecule has 21 heavy (non-hydrogen) atoms. The third-order valence-corrected chi connectivity index (χ3v) is 3.51. The van der Waals surface area contributed by atoms with Crippen LogP contribution in [0.3, 0.4) is 0 Å². The maximum Gasteiger partial charge on any atom is 0.322 e. The van der Waals surface area contributed by atoms with Crippen molar-refractivity contribution >= 4 is 23.4 Å². The highest BCUT2D eigenvalue weighted by Crippen LogP contribution is 2.34. The summed E-state index contributed by atoms with van der Waals surface area (Å²) in [6.45, 7) is 5.34. The second kappa shape index (κ2) is 6.02. The number of nitrogens with one attached hydrogen (secondary N) is 1. The fraction of sp³-hybridized carbons (Fsp3) is 0.250. The largest absolute Gasteiger partial charge is 0.322 e. The minimum absolute atomic E-state index is 0.130. The number of nitro groups is 1. The molecule has 0 spiro atoms. The summed E-state index contributed by atoms with van der Waals surface area (Å²) in [6.07, 6.45) is 0. The molecule has 0 bridgehead atoms. The van der Waals surface area contributed by atoms with Crippen LogP contribution in [0.25, 0.3) is 0 Å². The summed E-state index contributed by atoms with van der Waals surface area (Å²) in [5, 5.41) is 12.0. The first kappa shape index (κ1) is 15.1. The summed E-state index contributed by atoms with van der Waals surface area (Å²) in [6, 6.07) is 3.77. The van der Waals surface area contributed by atoms with Crippen LogP contribution in [0.15, 0.2) is 22.2 Å². The molecule has 110 valence electrons. The Balaban J connectivity index is 2.51. The number of aryl methyl sites for hydroxylation is 3. The lowest BCUT2D eigenvalue weighted by molar-refractivity contribution is -0.389. The highest BCUT2D eigenvalue weighted by molar-refractivity contribution is 7.99. The van der Waals surface area contributed by atoms with Crippen molar-refractivity contribution in [3.05, 3.63) is 39.2 Å². The van der Waals surface area contributed by atoms with Gasteiger partial charge in [-0.2, -0.15) is 4.98 Å². The molecule has 2 aromatic rings. The van der Waals surface area contributed by atoms with E-state index in [1.807, 2.05) is 26.0 Å².